The number of aryl methyl sites for hydroxylation is 1. The van der Waals surface area contributed by atoms with Gasteiger partial charge in [0.15, 0.2) is 0 Å². The van der Waals surface area contributed by atoms with Gasteiger partial charge in [-0.1, -0.05) is 31.5 Å². The Morgan fingerprint density at radius 1 is 1.06 bits per heavy atom. The molecule has 7 heteroatoms. The number of pyridine rings is 1. The van der Waals surface area contributed by atoms with Crippen molar-refractivity contribution in [3.63, 3.8) is 0 Å². The number of aromatic nitrogens is 1. The maximum absolute atomic E-state index is 14.8. The van der Waals surface area contributed by atoms with Crippen LogP contribution in [0.3, 0.4) is 0 Å². The molecule has 2 aromatic carbocycles. The van der Waals surface area contributed by atoms with Crippen LogP contribution in [-0.4, -0.2) is 23.2 Å². The molecule has 2 nitrogen and oxygen atoms in total. The molecule has 0 spiro atoms. The van der Waals surface area contributed by atoms with Crippen LogP contribution in [0.15, 0.2) is 48.5 Å². The van der Waals surface area contributed by atoms with Gasteiger partial charge in [-0.05, 0) is 68.0 Å². The minimum Gasteiger partial charge on any atom is -0.377 e. The van der Waals surface area contributed by atoms with E-state index < -0.39 is 23.5 Å². The van der Waals surface area contributed by atoms with Crippen molar-refractivity contribution in [3.05, 3.63) is 71.2 Å². The van der Waals surface area contributed by atoms with Crippen LogP contribution in [0.5, 0.6) is 0 Å². The minimum atomic E-state index is -4.51. The second-order valence-electron chi connectivity index (χ2n) is 8.31. The topological polar surface area (TPSA) is 24.9 Å². The minimum absolute atomic E-state index is 0.168. The monoisotopic (exact) mass is 464 g/mol. The Kier molecular flexibility index (Phi) is 7.38. The second-order valence-corrected chi connectivity index (χ2v) is 9.17. The number of thioether (sulfide) groups is 1. The standard InChI is InChI=1S/C25H28F4N2S/c1-5-8-17-18(9-6-10-20(17)26)23(24(3,15-32-4)25(27,28)29)31-22-12-7-11-21-19(22)14-13-16(2)30-21/h6-7,9-14,23,31H,5,8,15H2,1-4H3. The van der Waals surface area contributed by atoms with Crippen molar-refractivity contribution >= 4 is 28.4 Å². The van der Waals surface area contributed by atoms with Crippen LogP contribution in [0, 0.1) is 18.2 Å². The lowest BCUT2D eigenvalue weighted by molar-refractivity contribution is -0.215. The fraction of sp³-hybridized carbons (Fsp3) is 0.400. The molecule has 2 unspecified atom stereocenters. The molecule has 0 saturated heterocycles. The average Bonchev–Trinajstić information content (AvgIpc) is 2.73. The molecule has 1 aromatic heterocycles. The van der Waals surface area contributed by atoms with Gasteiger partial charge in [0.2, 0.25) is 0 Å². The van der Waals surface area contributed by atoms with Gasteiger partial charge in [0, 0.05) is 22.5 Å². The molecular weight excluding hydrogens is 436 g/mol. The fourth-order valence-electron chi connectivity index (χ4n) is 4.11. The number of alkyl halides is 3. The van der Waals surface area contributed by atoms with Gasteiger partial charge in [-0.25, -0.2) is 4.39 Å². The van der Waals surface area contributed by atoms with E-state index in [4.69, 9.17) is 0 Å². The van der Waals surface area contributed by atoms with Crippen LogP contribution in [0.25, 0.3) is 10.9 Å². The summed E-state index contributed by atoms with van der Waals surface area (Å²) in [5.74, 6) is -0.640. The molecule has 2 atom stereocenters. The van der Waals surface area contributed by atoms with Crippen LogP contribution in [-0.2, 0) is 6.42 Å². The lowest BCUT2D eigenvalue weighted by Crippen LogP contribution is -2.46. The SMILES string of the molecule is CCCc1c(F)cccc1C(Nc1cccc2nc(C)ccc12)C(C)(CSC)C(F)(F)F. The van der Waals surface area contributed by atoms with E-state index in [1.165, 1.54) is 19.1 Å². The molecule has 0 fully saturated rings. The summed E-state index contributed by atoms with van der Waals surface area (Å²) in [6.45, 7) is 4.98. The Labute approximate surface area is 190 Å². The highest BCUT2D eigenvalue weighted by Gasteiger charge is 2.56. The number of anilines is 1. The van der Waals surface area contributed by atoms with Crippen LogP contribution < -0.4 is 5.32 Å². The van der Waals surface area contributed by atoms with Crippen molar-refractivity contribution in [2.75, 3.05) is 17.3 Å². The highest BCUT2D eigenvalue weighted by atomic mass is 32.2. The maximum Gasteiger partial charge on any atom is 0.397 e. The molecule has 0 aliphatic rings. The molecule has 3 aromatic rings. The average molecular weight is 465 g/mol. The van der Waals surface area contributed by atoms with Crippen LogP contribution in [0.1, 0.15) is 43.1 Å². The first-order valence-electron chi connectivity index (χ1n) is 10.6. The van der Waals surface area contributed by atoms with E-state index in [0.717, 1.165) is 22.8 Å². The number of halogens is 4. The molecule has 0 aliphatic heterocycles. The third kappa shape index (κ3) is 4.72. The van der Waals surface area contributed by atoms with Crippen LogP contribution in [0.4, 0.5) is 23.2 Å². The lowest BCUT2D eigenvalue weighted by Gasteiger charge is -2.41. The van der Waals surface area contributed by atoms with Gasteiger partial charge in [0.1, 0.15) is 5.82 Å². The lowest BCUT2D eigenvalue weighted by atomic mass is 9.77. The maximum atomic E-state index is 14.8. The van der Waals surface area contributed by atoms with E-state index in [2.05, 4.69) is 10.3 Å². The highest BCUT2D eigenvalue weighted by Crippen LogP contribution is 2.51. The summed E-state index contributed by atoms with van der Waals surface area (Å²) in [6.07, 6.45) is -1.86. The van der Waals surface area contributed by atoms with Gasteiger partial charge < -0.3 is 5.32 Å². The summed E-state index contributed by atoms with van der Waals surface area (Å²) in [6, 6.07) is 12.3. The van der Waals surface area contributed by atoms with Crippen molar-refractivity contribution in [3.8, 4) is 0 Å². The Hall–Kier alpha value is -2.28. The molecule has 172 valence electrons. The van der Waals surface area contributed by atoms with E-state index in [1.807, 2.05) is 32.0 Å². The molecule has 0 saturated carbocycles. The van der Waals surface area contributed by atoms with Gasteiger partial charge in [0.05, 0.1) is 17.0 Å². The fourth-order valence-corrected chi connectivity index (χ4v) is 5.04. The smallest absolute Gasteiger partial charge is 0.377 e. The zero-order chi connectivity index (χ0) is 23.5. The van der Waals surface area contributed by atoms with Crippen molar-refractivity contribution < 1.29 is 17.6 Å². The molecule has 0 amide bonds. The molecule has 32 heavy (non-hydrogen) atoms. The summed E-state index contributed by atoms with van der Waals surface area (Å²) >= 11 is 1.13. The third-order valence-electron chi connectivity index (χ3n) is 5.87. The van der Waals surface area contributed by atoms with Gasteiger partial charge >= 0.3 is 6.18 Å². The molecule has 1 N–H and O–H groups in total. The van der Waals surface area contributed by atoms with Crippen LogP contribution >= 0.6 is 11.8 Å². The Morgan fingerprint density at radius 3 is 2.44 bits per heavy atom. The summed E-state index contributed by atoms with van der Waals surface area (Å²) in [7, 11) is 0. The third-order valence-corrected chi connectivity index (χ3v) is 6.75. The number of nitrogens with zero attached hydrogens (tertiary/aromatic N) is 1. The number of fused-ring (bicyclic) bond motifs is 1. The zero-order valence-corrected chi connectivity index (χ0v) is 19.5. The van der Waals surface area contributed by atoms with Gasteiger partial charge in [0.25, 0.3) is 0 Å². The van der Waals surface area contributed by atoms with E-state index in [1.54, 1.807) is 24.5 Å². The van der Waals surface area contributed by atoms with Gasteiger partial charge in [-0.2, -0.15) is 24.9 Å². The largest absolute Gasteiger partial charge is 0.397 e. The number of benzene rings is 2. The highest BCUT2D eigenvalue weighted by molar-refractivity contribution is 7.98. The molecule has 0 bridgehead atoms. The molecule has 1 heterocycles. The predicted molar refractivity (Wildman–Crippen MR) is 126 cm³/mol. The van der Waals surface area contributed by atoms with Crippen molar-refractivity contribution in [1.29, 1.82) is 0 Å². The normalized spacial score (nSPS) is 14.9. The molecular formula is C25H28F4N2S. The molecule has 3 rings (SSSR count). The first-order valence-corrected chi connectivity index (χ1v) is 12.0. The molecule has 0 radical (unpaired) electrons. The first kappa shape index (κ1) is 24.4. The first-order chi connectivity index (χ1) is 15.1. The Bertz CT molecular complexity index is 1080. The Balaban J connectivity index is 2.24. The zero-order valence-electron chi connectivity index (χ0n) is 18.7. The van der Waals surface area contributed by atoms with Crippen molar-refractivity contribution in [1.82, 2.24) is 4.98 Å². The molecule has 0 aliphatic carbocycles. The number of hydrogen-bond donors (Lipinski definition) is 1. The van der Waals surface area contributed by atoms with E-state index in [9.17, 15) is 17.6 Å². The summed E-state index contributed by atoms with van der Waals surface area (Å²) in [5.41, 5.74) is 0.604. The van der Waals surface area contributed by atoms with E-state index in [0.29, 0.717) is 35.2 Å². The van der Waals surface area contributed by atoms with Crippen LogP contribution in [0.2, 0.25) is 0 Å². The van der Waals surface area contributed by atoms with Crippen molar-refractivity contribution in [2.45, 2.75) is 45.8 Å². The quantitative estimate of drug-likeness (QED) is 0.346. The second kappa shape index (κ2) is 9.69. The predicted octanol–water partition coefficient (Wildman–Crippen LogP) is 7.72. The number of rotatable bonds is 8. The number of nitrogens with one attached hydrogen (secondary N) is 1. The van der Waals surface area contributed by atoms with E-state index in [-0.39, 0.29) is 5.75 Å². The summed E-state index contributed by atoms with van der Waals surface area (Å²) in [4.78, 5) is 4.50. The summed E-state index contributed by atoms with van der Waals surface area (Å²) < 4.78 is 58.4. The number of hydrogen-bond acceptors (Lipinski definition) is 3. The Morgan fingerprint density at radius 2 is 1.78 bits per heavy atom. The van der Waals surface area contributed by atoms with Gasteiger partial charge in [-0.3, -0.25) is 4.98 Å². The van der Waals surface area contributed by atoms with E-state index >= 15 is 0 Å². The van der Waals surface area contributed by atoms with Crippen molar-refractivity contribution in [2.24, 2.45) is 5.41 Å². The van der Waals surface area contributed by atoms with Gasteiger partial charge in [-0.15, -0.1) is 0 Å². The summed E-state index contributed by atoms with van der Waals surface area (Å²) in [5, 5.41) is 3.90.